The van der Waals surface area contributed by atoms with Crippen LogP contribution in [-0.2, 0) is 10.3 Å². The van der Waals surface area contributed by atoms with Crippen LogP contribution in [0.25, 0.3) is 0 Å². The first-order valence-corrected chi connectivity index (χ1v) is 5.72. The van der Waals surface area contributed by atoms with Crippen LogP contribution < -0.4 is 5.73 Å². The summed E-state index contributed by atoms with van der Waals surface area (Å²) in [5.74, 6) is 0.629. The number of nitrogens with two attached hydrogens (primary N) is 1. The largest absolute Gasteiger partial charge is 0.383 e. The Morgan fingerprint density at radius 1 is 1.50 bits per heavy atom. The van der Waals surface area contributed by atoms with Crippen molar-refractivity contribution in [2.75, 3.05) is 12.3 Å². The summed E-state index contributed by atoms with van der Waals surface area (Å²) < 4.78 is 5.73. The van der Waals surface area contributed by atoms with Crippen molar-refractivity contribution in [3.05, 3.63) is 9.88 Å². The molecule has 0 radical (unpaired) electrons. The summed E-state index contributed by atoms with van der Waals surface area (Å²) in [5, 5.41) is 0.983. The zero-order valence-electron chi connectivity index (χ0n) is 9.26. The SMILES string of the molecule is CCOC(C)(CC)c1nc(N)c(C)s1. The molecule has 1 atom stereocenters. The highest BCUT2D eigenvalue weighted by molar-refractivity contribution is 7.12. The van der Waals surface area contributed by atoms with Gasteiger partial charge in [-0.15, -0.1) is 11.3 Å². The van der Waals surface area contributed by atoms with Crippen LogP contribution in [0, 0.1) is 6.92 Å². The Labute approximate surface area is 89.3 Å². The van der Waals surface area contributed by atoms with Crippen LogP contribution in [0.1, 0.15) is 37.1 Å². The van der Waals surface area contributed by atoms with E-state index in [1.54, 1.807) is 11.3 Å². The monoisotopic (exact) mass is 214 g/mol. The second-order valence-electron chi connectivity index (χ2n) is 3.48. The maximum absolute atomic E-state index is 5.73. The Hall–Kier alpha value is -0.610. The fourth-order valence-corrected chi connectivity index (χ4v) is 2.27. The lowest BCUT2D eigenvalue weighted by atomic mass is 10.0. The van der Waals surface area contributed by atoms with Crippen LogP contribution in [0.3, 0.4) is 0 Å². The quantitative estimate of drug-likeness (QED) is 0.838. The summed E-state index contributed by atoms with van der Waals surface area (Å²) >= 11 is 1.62. The Morgan fingerprint density at radius 2 is 2.14 bits per heavy atom. The van der Waals surface area contributed by atoms with Gasteiger partial charge >= 0.3 is 0 Å². The van der Waals surface area contributed by atoms with Gasteiger partial charge in [0.15, 0.2) is 0 Å². The molecule has 0 saturated carbocycles. The lowest BCUT2D eigenvalue weighted by Gasteiger charge is -2.25. The van der Waals surface area contributed by atoms with E-state index in [9.17, 15) is 0 Å². The van der Waals surface area contributed by atoms with Gasteiger partial charge < -0.3 is 10.5 Å². The van der Waals surface area contributed by atoms with E-state index in [1.807, 2.05) is 13.8 Å². The number of thiazole rings is 1. The molecule has 14 heavy (non-hydrogen) atoms. The molecule has 0 saturated heterocycles. The minimum atomic E-state index is -0.276. The Bertz CT molecular complexity index is 292. The molecule has 0 aliphatic rings. The molecule has 0 aromatic carbocycles. The smallest absolute Gasteiger partial charge is 0.137 e. The number of hydrogen-bond donors (Lipinski definition) is 1. The summed E-state index contributed by atoms with van der Waals surface area (Å²) in [6.07, 6.45) is 0.910. The van der Waals surface area contributed by atoms with Gasteiger partial charge in [-0.1, -0.05) is 6.92 Å². The van der Waals surface area contributed by atoms with Crippen LogP contribution in [0.5, 0.6) is 0 Å². The average molecular weight is 214 g/mol. The molecule has 0 aliphatic carbocycles. The number of nitrogen functional groups attached to an aromatic ring is 1. The van der Waals surface area contributed by atoms with E-state index in [2.05, 4.69) is 18.8 Å². The number of hydrogen-bond acceptors (Lipinski definition) is 4. The molecule has 1 aromatic heterocycles. The van der Waals surface area contributed by atoms with E-state index in [-0.39, 0.29) is 5.60 Å². The van der Waals surface area contributed by atoms with E-state index in [0.29, 0.717) is 12.4 Å². The van der Waals surface area contributed by atoms with Crippen LogP contribution in [0.4, 0.5) is 5.82 Å². The van der Waals surface area contributed by atoms with Crippen LogP contribution in [0.2, 0.25) is 0 Å². The van der Waals surface area contributed by atoms with Crippen LogP contribution in [0.15, 0.2) is 0 Å². The third-order valence-electron chi connectivity index (χ3n) is 2.42. The number of nitrogens with zero attached hydrogens (tertiary/aromatic N) is 1. The molecule has 0 amide bonds. The third-order valence-corrected chi connectivity index (χ3v) is 3.65. The lowest BCUT2D eigenvalue weighted by molar-refractivity contribution is -0.0323. The number of ether oxygens (including phenoxy) is 1. The average Bonchev–Trinajstić information content (AvgIpc) is 2.48. The standard InChI is InChI=1S/C10H18N2OS/c1-5-10(4,13-6-2)9-12-8(11)7(3)14-9/h5-6,11H2,1-4H3. The summed E-state index contributed by atoms with van der Waals surface area (Å²) in [7, 11) is 0. The molecule has 3 nitrogen and oxygen atoms in total. The van der Waals surface area contributed by atoms with Gasteiger partial charge in [0.1, 0.15) is 16.4 Å². The molecule has 1 rings (SSSR count). The molecule has 1 heterocycles. The fourth-order valence-electron chi connectivity index (χ4n) is 1.27. The molecule has 0 spiro atoms. The first kappa shape index (κ1) is 11.5. The number of aromatic nitrogens is 1. The van der Waals surface area contributed by atoms with E-state index in [4.69, 9.17) is 10.5 Å². The highest BCUT2D eigenvalue weighted by Gasteiger charge is 2.29. The molecule has 1 unspecified atom stereocenters. The van der Waals surface area contributed by atoms with Gasteiger partial charge in [0.05, 0.1) is 0 Å². The van der Waals surface area contributed by atoms with Crippen molar-refractivity contribution >= 4 is 17.2 Å². The zero-order chi connectivity index (χ0) is 10.8. The topological polar surface area (TPSA) is 48.1 Å². The lowest BCUT2D eigenvalue weighted by Crippen LogP contribution is -2.24. The minimum absolute atomic E-state index is 0.276. The minimum Gasteiger partial charge on any atom is -0.383 e. The Morgan fingerprint density at radius 3 is 2.50 bits per heavy atom. The van der Waals surface area contributed by atoms with Gasteiger partial charge in [0.25, 0.3) is 0 Å². The second kappa shape index (κ2) is 4.28. The van der Waals surface area contributed by atoms with Gasteiger partial charge in [-0.2, -0.15) is 0 Å². The first-order valence-electron chi connectivity index (χ1n) is 4.90. The van der Waals surface area contributed by atoms with Crippen molar-refractivity contribution in [2.24, 2.45) is 0 Å². The normalized spacial score (nSPS) is 15.4. The van der Waals surface area contributed by atoms with E-state index in [1.165, 1.54) is 0 Å². The van der Waals surface area contributed by atoms with Gasteiger partial charge in [0.2, 0.25) is 0 Å². The number of rotatable bonds is 4. The second-order valence-corrected chi connectivity index (χ2v) is 4.68. The molecular formula is C10H18N2OS. The Kier molecular flexibility index (Phi) is 3.50. The maximum Gasteiger partial charge on any atom is 0.137 e. The predicted molar refractivity (Wildman–Crippen MR) is 60.5 cm³/mol. The summed E-state index contributed by atoms with van der Waals surface area (Å²) in [5.41, 5.74) is 5.46. The molecular weight excluding hydrogens is 196 g/mol. The third kappa shape index (κ3) is 2.07. The van der Waals surface area contributed by atoms with Gasteiger partial charge in [-0.25, -0.2) is 4.98 Å². The highest BCUT2D eigenvalue weighted by Crippen LogP contribution is 2.34. The molecule has 80 valence electrons. The van der Waals surface area contributed by atoms with Crippen molar-refractivity contribution < 1.29 is 4.74 Å². The predicted octanol–water partition coefficient (Wildman–Crippen LogP) is 2.70. The molecule has 2 N–H and O–H groups in total. The van der Waals surface area contributed by atoms with Crippen molar-refractivity contribution in [3.63, 3.8) is 0 Å². The van der Waals surface area contributed by atoms with Gasteiger partial charge in [-0.05, 0) is 27.2 Å². The van der Waals surface area contributed by atoms with E-state index >= 15 is 0 Å². The van der Waals surface area contributed by atoms with Gasteiger partial charge in [-0.3, -0.25) is 0 Å². The highest BCUT2D eigenvalue weighted by atomic mass is 32.1. The van der Waals surface area contributed by atoms with E-state index in [0.717, 1.165) is 16.3 Å². The van der Waals surface area contributed by atoms with Gasteiger partial charge in [0, 0.05) is 11.5 Å². The number of aryl methyl sites for hydroxylation is 1. The number of anilines is 1. The molecule has 0 aliphatic heterocycles. The van der Waals surface area contributed by atoms with Crippen molar-refractivity contribution in [2.45, 2.75) is 39.7 Å². The fraction of sp³-hybridized carbons (Fsp3) is 0.700. The van der Waals surface area contributed by atoms with Crippen molar-refractivity contribution in [3.8, 4) is 0 Å². The van der Waals surface area contributed by atoms with E-state index < -0.39 is 0 Å². The zero-order valence-corrected chi connectivity index (χ0v) is 10.1. The molecule has 0 bridgehead atoms. The van der Waals surface area contributed by atoms with Crippen molar-refractivity contribution in [1.29, 1.82) is 0 Å². The first-order chi connectivity index (χ1) is 6.53. The maximum atomic E-state index is 5.73. The van der Waals surface area contributed by atoms with Crippen LogP contribution >= 0.6 is 11.3 Å². The molecule has 4 heteroatoms. The summed E-state index contributed by atoms with van der Waals surface area (Å²) in [6, 6.07) is 0. The van der Waals surface area contributed by atoms with Crippen LogP contribution in [-0.4, -0.2) is 11.6 Å². The molecule has 1 aromatic rings. The van der Waals surface area contributed by atoms with Crippen molar-refractivity contribution in [1.82, 2.24) is 4.98 Å². The summed E-state index contributed by atoms with van der Waals surface area (Å²) in [4.78, 5) is 5.41. The Balaban J connectivity index is 2.99. The summed E-state index contributed by atoms with van der Waals surface area (Å²) in [6.45, 7) is 8.84. The molecule has 0 fully saturated rings.